The van der Waals surface area contributed by atoms with E-state index in [1.165, 1.54) is 0 Å². The van der Waals surface area contributed by atoms with E-state index in [2.05, 4.69) is 14.8 Å². The lowest BCUT2D eigenvalue weighted by Crippen LogP contribution is -2.24. The molecule has 0 radical (unpaired) electrons. The maximum Gasteiger partial charge on any atom is 0.244 e. The fourth-order valence-corrected chi connectivity index (χ4v) is 3.31. The zero-order chi connectivity index (χ0) is 13.3. The van der Waals surface area contributed by atoms with Gasteiger partial charge in [-0.1, -0.05) is 0 Å². The molecule has 0 saturated heterocycles. The Bertz CT molecular complexity index is 641. The van der Waals surface area contributed by atoms with Crippen LogP contribution in [0.2, 0.25) is 0 Å². The van der Waals surface area contributed by atoms with Crippen LogP contribution in [0.3, 0.4) is 0 Å². The number of hydrogen-bond acceptors (Lipinski definition) is 3. The molecule has 6 nitrogen and oxygen atoms in total. The molecule has 2 rings (SSSR count). The van der Waals surface area contributed by atoms with Gasteiger partial charge < -0.3 is 4.98 Å². The Balaban J connectivity index is 2.26. The summed E-state index contributed by atoms with van der Waals surface area (Å²) < 4.78 is 28.6. The summed E-state index contributed by atoms with van der Waals surface area (Å²) >= 11 is 0. The number of aromatic amines is 1. The quantitative estimate of drug-likeness (QED) is 0.862. The third-order valence-electron chi connectivity index (χ3n) is 2.84. The molecule has 0 amide bonds. The predicted octanol–water partition coefficient (Wildman–Crippen LogP) is 0.844. The van der Waals surface area contributed by atoms with E-state index < -0.39 is 10.0 Å². The highest BCUT2D eigenvalue weighted by Gasteiger charge is 2.23. The number of nitrogens with one attached hydrogen (secondary N) is 2. The summed E-state index contributed by atoms with van der Waals surface area (Å²) in [5.41, 5.74) is 2.03. The van der Waals surface area contributed by atoms with E-state index in [1.54, 1.807) is 38.0 Å². The van der Waals surface area contributed by atoms with E-state index in [0.717, 1.165) is 5.56 Å². The van der Waals surface area contributed by atoms with Crippen LogP contribution in [0.1, 0.15) is 17.0 Å². The summed E-state index contributed by atoms with van der Waals surface area (Å²) in [5, 5.41) is 4.11. The van der Waals surface area contributed by atoms with Gasteiger partial charge in [-0.3, -0.25) is 4.68 Å². The first kappa shape index (κ1) is 12.8. The van der Waals surface area contributed by atoms with Gasteiger partial charge >= 0.3 is 0 Å². The van der Waals surface area contributed by atoms with E-state index in [4.69, 9.17) is 0 Å². The van der Waals surface area contributed by atoms with Gasteiger partial charge in [-0.15, -0.1) is 0 Å². The van der Waals surface area contributed by atoms with Gasteiger partial charge in [0.25, 0.3) is 0 Å². The first-order valence-corrected chi connectivity index (χ1v) is 7.01. The largest absolute Gasteiger partial charge is 0.367 e. The Morgan fingerprint density at radius 2 is 2.17 bits per heavy atom. The van der Waals surface area contributed by atoms with Gasteiger partial charge in [-0.25, -0.2) is 13.1 Å². The minimum Gasteiger partial charge on any atom is -0.367 e. The molecular formula is C11H16N4O2S. The van der Waals surface area contributed by atoms with Crippen molar-refractivity contribution in [2.45, 2.75) is 25.3 Å². The summed E-state index contributed by atoms with van der Waals surface area (Å²) in [6.45, 7) is 3.70. The van der Waals surface area contributed by atoms with E-state index in [0.29, 0.717) is 11.4 Å². The standard InChI is InChI=1S/C11H16N4O2S/c1-8-11(9(2)15(3)14-8)18(16,17)13-7-10-4-5-12-6-10/h4-6,12-13H,7H2,1-3H3. The molecule has 2 heterocycles. The van der Waals surface area contributed by atoms with Crippen molar-refractivity contribution in [1.82, 2.24) is 19.5 Å². The molecule has 0 aliphatic rings. The fourth-order valence-electron chi connectivity index (χ4n) is 1.86. The second kappa shape index (κ2) is 4.58. The van der Waals surface area contributed by atoms with Gasteiger partial charge in [0.1, 0.15) is 4.90 Å². The summed E-state index contributed by atoms with van der Waals surface area (Å²) in [7, 11) is -1.79. The lowest BCUT2D eigenvalue weighted by molar-refractivity contribution is 0.579. The highest BCUT2D eigenvalue weighted by molar-refractivity contribution is 7.89. The molecule has 0 aromatic carbocycles. The third-order valence-corrected chi connectivity index (χ3v) is 4.49. The topological polar surface area (TPSA) is 79.8 Å². The maximum atomic E-state index is 12.2. The summed E-state index contributed by atoms with van der Waals surface area (Å²) in [6.07, 6.45) is 3.51. The van der Waals surface area contributed by atoms with Crippen LogP contribution < -0.4 is 4.72 Å². The molecule has 7 heteroatoms. The number of nitrogens with zero attached hydrogens (tertiary/aromatic N) is 2. The average Bonchev–Trinajstić information content (AvgIpc) is 2.86. The molecule has 2 N–H and O–H groups in total. The number of aromatic nitrogens is 3. The summed E-state index contributed by atoms with van der Waals surface area (Å²) in [4.78, 5) is 3.15. The molecule has 0 unspecified atom stereocenters. The van der Waals surface area contributed by atoms with Crippen molar-refractivity contribution in [2.24, 2.45) is 7.05 Å². The first-order chi connectivity index (χ1) is 8.42. The van der Waals surface area contributed by atoms with Gasteiger partial charge in [0.15, 0.2) is 0 Å². The summed E-state index contributed by atoms with van der Waals surface area (Å²) in [6, 6.07) is 1.82. The Morgan fingerprint density at radius 1 is 1.44 bits per heavy atom. The van der Waals surface area contributed by atoms with Crippen molar-refractivity contribution in [2.75, 3.05) is 0 Å². The van der Waals surface area contributed by atoms with E-state index in [9.17, 15) is 8.42 Å². The van der Waals surface area contributed by atoms with Gasteiger partial charge in [-0.05, 0) is 25.5 Å². The van der Waals surface area contributed by atoms with Crippen LogP contribution in [0.15, 0.2) is 23.4 Å². The van der Waals surface area contributed by atoms with Gasteiger partial charge in [0.05, 0.1) is 11.4 Å². The van der Waals surface area contributed by atoms with Crippen LogP contribution >= 0.6 is 0 Å². The monoisotopic (exact) mass is 268 g/mol. The molecule has 2 aromatic rings. The van der Waals surface area contributed by atoms with Crippen LogP contribution in [0.5, 0.6) is 0 Å². The minimum absolute atomic E-state index is 0.263. The predicted molar refractivity (Wildman–Crippen MR) is 67.5 cm³/mol. The molecule has 0 fully saturated rings. The molecule has 18 heavy (non-hydrogen) atoms. The number of aryl methyl sites for hydroxylation is 2. The Hall–Kier alpha value is -1.60. The number of sulfonamides is 1. The van der Waals surface area contributed by atoms with Crippen molar-refractivity contribution in [1.29, 1.82) is 0 Å². The van der Waals surface area contributed by atoms with Crippen molar-refractivity contribution < 1.29 is 8.42 Å². The zero-order valence-corrected chi connectivity index (χ0v) is 11.4. The van der Waals surface area contributed by atoms with Gasteiger partial charge in [0, 0.05) is 26.0 Å². The van der Waals surface area contributed by atoms with Crippen LogP contribution in [0.4, 0.5) is 0 Å². The normalized spacial score (nSPS) is 11.9. The lowest BCUT2D eigenvalue weighted by Gasteiger charge is -2.06. The zero-order valence-electron chi connectivity index (χ0n) is 10.6. The first-order valence-electron chi connectivity index (χ1n) is 5.53. The molecule has 0 atom stereocenters. The van der Waals surface area contributed by atoms with E-state index >= 15 is 0 Å². The third kappa shape index (κ3) is 2.32. The highest BCUT2D eigenvalue weighted by Crippen LogP contribution is 2.18. The number of rotatable bonds is 4. The lowest BCUT2D eigenvalue weighted by atomic mass is 10.4. The van der Waals surface area contributed by atoms with Crippen molar-refractivity contribution in [3.05, 3.63) is 35.4 Å². The van der Waals surface area contributed by atoms with Crippen molar-refractivity contribution >= 4 is 10.0 Å². The second-order valence-electron chi connectivity index (χ2n) is 4.17. The van der Waals surface area contributed by atoms with Crippen molar-refractivity contribution in [3.8, 4) is 0 Å². The van der Waals surface area contributed by atoms with Crippen LogP contribution in [-0.2, 0) is 23.6 Å². The van der Waals surface area contributed by atoms with Gasteiger partial charge in [0.2, 0.25) is 10.0 Å². The summed E-state index contributed by atoms with van der Waals surface area (Å²) in [5.74, 6) is 0. The van der Waals surface area contributed by atoms with Crippen LogP contribution in [0.25, 0.3) is 0 Å². The number of H-pyrrole nitrogens is 1. The van der Waals surface area contributed by atoms with E-state index in [1.807, 2.05) is 6.07 Å². The molecule has 0 spiro atoms. The Kier molecular flexibility index (Phi) is 3.27. The SMILES string of the molecule is Cc1nn(C)c(C)c1S(=O)(=O)NCc1cc[nH]c1. The molecule has 98 valence electrons. The molecule has 0 aliphatic carbocycles. The molecule has 0 aliphatic heterocycles. The van der Waals surface area contributed by atoms with Crippen LogP contribution in [0, 0.1) is 13.8 Å². The highest BCUT2D eigenvalue weighted by atomic mass is 32.2. The van der Waals surface area contributed by atoms with Crippen molar-refractivity contribution in [3.63, 3.8) is 0 Å². The Labute approximate surface area is 106 Å². The van der Waals surface area contributed by atoms with E-state index in [-0.39, 0.29) is 11.4 Å². The fraction of sp³-hybridized carbons (Fsp3) is 0.364. The molecule has 0 saturated carbocycles. The number of hydrogen-bond donors (Lipinski definition) is 2. The van der Waals surface area contributed by atoms with Crippen LogP contribution in [-0.4, -0.2) is 23.2 Å². The molecule has 0 bridgehead atoms. The van der Waals surface area contributed by atoms with Gasteiger partial charge in [-0.2, -0.15) is 5.10 Å². The maximum absolute atomic E-state index is 12.2. The Morgan fingerprint density at radius 3 is 2.67 bits per heavy atom. The smallest absolute Gasteiger partial charge is 0.244 e. The minimum atomic E-state index is -3.52. The molecular weight excluding hydrogens is 252 g/mol. The second-order valence-corrected chi connectivity index (χ2v) is 5.87. The molecule has 2 aromatic heterocycles. The average molecular weight is 268 g/mol.